The second-order valence-corrected chi connectivity index (χ2v) is 5.88. The second-order valence-electron chi connectivity index (χ2n) is 5.88. The van der Waals surface area contributed by atoms with Crippen LogP contribution in [0.5, 0.6) is 0 Å². The maximum atomic E-state index is 12.0. The maximum absolute atomic E-state index is 12.0. The Morgan fingerprint density at radius 3 is 2.52 bits per heavy atom. The van der Waals surface area contributed by atoms with Gasteiger partial charge in [-0.05, 0) is 57.3 Å². The van der Waals surface area contributed by atoms with Crippen molar-refractivity contribution in [2.45, 2.75) is 38.6 Å². The normalized spacial score (nSPS) is 16.0. The largest absolute Gasteiger partial charge is 0.345 e. The Labute approximate surface area is 144 Å². The van der Waals surface area contributed by atoms with Crippen LogP contribution in [0.25, 0.3) is 0 Å². The van der Waals surface area contributed by atoms with Gasteiger partial charge in [-0.25, -0.2) is 0 Å². The smallest absolute Gasteiger partial charge is 0.246 e. The fourth-order valence-corrected chi connectivity index (χ4v) is 2.66. The number of halogens is 1. The van der Waals surface area contributed by atoms with Gasteiger partial charge in [-0.2, -0.15) is 0 Å². The number of carbonyl (C=O) groups excluding carboxylic acids is 2. The van der Waals surface area contributed by atoms with Crippen LogP contribution >= 0.6 is 12.4 Å². The summed E-state index contributed by atoms with van der Waals surface area (Å²) in [5.74, 6) is 0.385. The number of nitrogens with one attached hydrogen (secondary N) is 3. The Morgan fingerprint density at radius 2 is 1.87 bits per heavy atom. The highest BCUT2D eigenvalue weighted by atomic mass is 35.5. The molecule has 1 unspecified atom stereocenters. The minimum absolute atomic E-state index is 0. The molecule has 0 bridgehead atoms. The first-order chi connectivity index (χ1) is 10.6. The van der Waals surface area contributed by atoms with Crippen molar-refractivity contribution in [3.8, 4) is 0 Å². The Kier molecular flexibility index (Phi) is 8.66. The number of rotatable bonds is 6. The highest BCUT2D eigenvalue weighted by molar-refractivity contribution is 5.96. The number of carbonyl (C=O) groups is 2. The molecule has 0 aromatic heterocycles. The summed E-state index contributed by atoms with van der Waals surface area (Å²) in [6.07, 6.45) is 3.67. The van der Waals surface area contributed by atoms with E-state index in [9.17, 15) is 9.59 Å². The summed E-state index contributed by atoms with van der Waals surface area (Å²) < 4.78 is 0. The number of piperidine rings is 1. The molecule has 1 aliphatic heterocycles. The van der Waals surface area contributed by atoms with Gasteiger partial charge in [-0.3, -0.25) is 9.59 Å². The van der Waals surface area contributed by atoms with Crippen LogP contribution in [0, 0.1) is 5.92 Å². The molecule has 0 saturated carbocycles. The SMILES string of the molecule is CC(NC(=O)CCC1CCNCC1)C(=O)Nc1ccccc1.Cl. The highest BCUT2D eigenvalue weighted by Crippen LogP contribution is 2.17. The predicted octanol–water partition coefficient (Wildman–Crippen LogP) is 2.33. The van der Waals surface area contributed by atoms with Crippen LogP contribution in [0.2, 0.25) is 0 Å². The monoisotopic (exact) mass is 339 g/mol. The summed E-state index contributed by atoms with van der Waals surface area (Å²) in [7, 11) is 0. The van der Waals surface area contributed by atoms with Crippen LogP contribution in [0.3, 0.4) is 0 Å². The first kappa shape index (κ1) is 19.5. The van der Waals surface area contributed by atoms with Crippen molar-refractivity contribution in [2.75, 3.05) is 18.4 Å². The number of hydrogen-bond donors (Lipinski definition) is 3. The molecule has 2 amide bonds. The van der Waals surface area contributed by atoms with Crippen LogP contribution in [0.15, 0.2) is 30.3 Å². The van der Waals surface area contributed by atoms with Crippen molar-refractivity contribution in [1.82, 2.24) is 10.6 Å². The number of hydrogen-bond acceptors (Lipinski definition) is 3. The van der Waals surface area contributed by atoms with Gasteiger partial charge in [0, 0.05) is 12.1 Å². The van der Waals surface area contributed by atoms with Gasteiger partial charge < -0.3 is 16.0 Å². The zero-order valence-electron chi connectivity index (χ0n) is 13.5. The van der Waals surface area contributed by atoms with E-state index in [0.29, 0.717) is 12.3 Å². The predicted molar refractivity (Wildman–Crippen MR) is 94.8 cm³/mol. The van der Waals surface area contributed by atoms with Gasteiger partial charge in [-0.1, -0.05) is 18.2 Å². The lowest BCUT2D eigenvalue weighted by atomic mass is 9.93. The van der Waals surface area contributed by atoms with Crippen LogP contribution in [0.1, 0.15) is 32.6 Å². The van der Waals surface area contributed by atoms with Crippen molar-refractivity contribution in [1.29, 1.82) is 0 Å². The molecule has 0 spiro atoms. The fraction of sp³-hybridized carbons (Fsp3) is 0.529. The van der Waals surface area contributed by atoms with Crippen LogP contribution in [-0.4, -0.2) is 30.9 Å². The molecule has 1 aromatic rings. The molecule has 1 fully saturated rings. The molecule has 1 atom stereocenters. The number of benzene rings is 1. The van der Waals surface area contributed by atoms with E-state index in [-0.39, 0.29) is 24.2 Å². The van der Waals surface area contributed by atoms with Gasteiger partial charge in [0.1, 0.15) is 6.04 Å². The first-order valence-electron chi connectivity index (χ1n) is 8.01. The summed E-state index contributed by atoms with van der Waals surface area (Å²) >= 11 is 0. The third-order valence-corrected chi connectivity index (χ3v) is 4.05. The van der Waals surface area contributed by atoms with E-state index < -0.39 is 6.04 Å². The van der Waals surface area contributed by atoms with Gasteiger partial charge in [0.2, 0.25) is 11.8 Å². The van der Waals surface area contributed by atoms with E-state index in [0.717, 1.165) is 38.0 Å². The minimum atomic E-state index is -0.527. The summed E-state index contributed by atoms with van der Waals surface area (Å²) in [5.41, 5.74) is 0.739. The van der Waals surface area contributed by atoms with E-state index >= 15 is 0 Å². The van der Waals surface area contributed by atoms with Gasteiger partial charge >= 0.3 is 0 Å². The molecule has 0 aliphatic carbocycles. The van der Waals surface area contributed by atoms with E-state index in [2.05, 4.69) is 16.0 Å². The number of amides is 2. The van der Waals surface area contributed by atoms with E-state index in [1.165, 1.54) is 0 Å². The minimum Gasteiger partial charge on any atom is -0.345 e. The fourth-order valence-electron chi connectivity index (χ4n) is 2.66. The standard InChI is InChI=1S/C17H25N3O2.ClH/c1-13(17(22)20-15-5-3-2-4-6-15)19-16(21)8-7-14-9-11-18-12-10-14;/h2-6,13-14,18H,7-12H2,1H3,(H,19,21)(H,20,22);1H. The lowest BCUT2D eigenvalue weighted by molar-refractivity contribution is -0.126. The zero-order chi connectivity index (χ0) is 15.8. The van der Waals surface area contributed by atoms with Crippen LogP contribution in [-0.2, 0) is 9.59 Å². The topological polar surface area (TPSA) is 70.2 Å². The van der Waals surface area contributed by atoms with Gasteiger partial charge in [0.15, 0.2) is 0 Å². The third-order valence-electron chi connectivity index (χ3n) is 4.05. The van der Waals surface area contributed by atoms with E-state index in [1.54, 1.807) is 6.92 Å². The molecule has 128 valence electrons. The molecule has 1 heterocycles. The van der Waals surface area contributed by atoms with E-state index in [1.807, 2.05) is 30.3 Å². The Bertz CT molecular complexity index is 490. The molecular formula is C17H26ClN3O2. The van der Waals surface area contributed by atoms with Crippen molar-refractivity contribution in [3.05, 3.63) is 30.3 Å². The molecule has 1 aliphatic rings. The average molecular weight is 340 g/mol. The molecule has 6 heteroatoms. The molecule has 3 N–H and O–H groups in total. The highest BCUT2D eigenvalue weighted by Gasteiger charge is 2.18. The molecule has 0 radical (unpaired) electrons. The van der Waals surface area contributed by atoms with Crippen LogP contribution < -0.4 is 16.0 Å². The molecule has 23 heavy (non-hydrogen) atoms. The molecular weight excluding hydrogens is 314 g/mol. The average Bonchev–Trinajstić information content (AvgIpc) is 2.55. The van der Waals surface area contributed by atoms with Crippen molar-refractivity contribution >= 4 is 29.9 Å². The first-order valence-corrected chi connectivity index (χ1v) is 8.01. The Balaban J connectivity index is 0.00000264. The summed E-state index contributed by atoms with van der Waals surface area (Å²) in [6, 6.07) is 8.73. The quantitative estimate of drug-likeness (QED) is 0.745. The number of anilines is 1. The number of para-hydroxylation sites is 1. The third kappa shape index (κ3) is 7.01. The van der Waals surface area contributed by atoms with Crippen molar-refractivity contribution in [3.63, 3.8) is 0 Å². The molecule has 5 nitrogen and oxygen atoms in total. The van der Waals surface area contributed by atoms with Gasteiger partial charge in [0.25, 0.3) is 0 Å². The zero-order valence-corrected chi connectivity index (χ0v) is 14.3. The van der Waals surface area contributed by atoms with Gasteiger partial charge in [-0.15, -0.1) is 12.4 Å². The summed E-state index contributed by atoms with van der Waals surface area (Å²) in [6.45, 7) is 3.80. The molecule has 2 rings (SSSR count). The van der Waals surface area contributed by atoms with E-state index in [4.69, 9.17) is 0 Å². The molecule has 1 saturated heterocycles. The summed E-state index contributed by atoms with van der Waals surface area (Å²) in [5, 5.41) is 8.88. The Hall–Kier alpha value is -1.59. The summed E-state index contributed by atoms with van der Waals surface area (Å²) in [4.78, 5) is 24.0. The van der Waals surface area contributed by atoms with Crippen LogP contribution in [0.4, 0.5) is 5.69 Å². The van der Waals surface area contributed by atoms with Crippen molar-refractivity contribution in [2.24, 2.45) is 5.92 Å². The molecule has 1 aromatic carbocycles. The van der Waals surface area contributed by atoms with Gasteiger partial charge in [0.05, 0.1) is 0 Å². The van der Waals surface area contributed by atoms with Crippen molar-refractivity contribution < 1.29 is 9.59 Å². The lowest BCUT2D eigenvalue weighted by Gasteiger charge is -2.22. The second kappa shape index (κ2) is 10.2. The Morgan fingerprint density at radius 1 is 1.22 bits per heavy atom. The maximum Gasteiger partial charge on any atom is 0.246 e. The lowest BCUT2D eigenvalue weighted by Crippen LogP contribution is -2.41.